The van der Waals surface area contributed by atoms with Crippen molar-refractivity contribution in [1.29, 1.82) is 0 Å². The summed E-state index contributed by atoms with van der Waals surface area (Å²) in [5.74, 6) is 0.606. The molecule has 4 nitrogen and oxygen atoms in total. The van der Waals surface area contributed by atoms with E-state index in [0.717, 1.165) is 10.4 Å². The molecule has 0 bridgehead atoms. The fourth-order valence-electron chi connectivity index (χ4n) is 1.63. The number of hydrogen-bond acceptors (Lipinski definition) is 4. The molecule has 0 spiro atoms. The van der Waals surface area contributed by atoms with E-state index in [9.17, 15) is 4.79 Å². The Labute approximate surface area is 116 Å². The molecule has 0 atom stereocenters. The smallest absolute Gasteiger partial charge is 0.265 e. The molecule has 2 aromatic rings. The van der Waals surface area contributed by atoms with E-state index in [1.807, 2.05) is 36.6 Å². The van der Waals surface area contributed by atoms with Crippen molar-refractivity contribution in [3.8, 4) is 5.75 Å². The maximum absolute atomic E-state index is 12.1. The van der Waals surface area contributed by atoms with Crippen LogP contribution in [0.5, 0.6) is 5.75 Å². The van der Waals surface area contributed by atoms with E-state index in [1.54, 1.807) is 6.07 Å². The van der Waals surface area contributed by atoms with E-state index < -0.39 is 0 Å². The van der Waals surface area contributed by atoms with Crippen LogP contribution in [-0.4, -0.2) is 19.1 Å². The molecule has 2 rings (SSSR count). The van der Waals surface area contributed by atoms with Gasteiger partial charge in [-0.15, -0.1) is 11.3 Å². The highest BCUT2D eigenvalue weighted by atomic mass is 32.1. The Morgan fingerprint density at radius 2 is 2.26 bits per heavy atom. The van der Waals surface area contributed by atoms with Gasteiger partial charge < -0.3 is 15.8 Å². The molecule has 0 aliphatic carbocycles. The Morgan fingerprint density at radius 1 is 1.42 bits per heavy atom. The minimum absolute atomic E-state index is 0.0940. The fourth-order valence-corrected chi connectivity index (χ4v) is 2.45. The lowest BCUT2D eigenvalue weighted by Crippen LogP contribution is -2.12. The van der Waals surface area contributed by atoms with Crippen LogP contribution in [0.1, 0.15) is 15.2 Å². The van der Waals surface area contributed by atoms with Gasteiger partial charge in [-0.2, -0.15) is 0 Å². The first-order valence-electron chi connectivity index (χ1n) is 5.99. The quantitative estimate of drug-likeness (QED) is 0.882. The average molecular weight is 276 g/mol. The predicted molar refractivity (Wildman–Crippen MR) is 78.0 cm³/mol. The monoisotopic (exact) mass is 276 g/mol. The number of rotatable bonds is 5. The van der Waals surface area contributed by atoms with Crippen LogP contribution in [0, 0.1) is 6.92 Å². The molecule has 1 aromatic carbocycles. The summed E-state index contributed by atoms with van der Waals surface area (Å²) in [7, 11) is 0. The maximum Gasteiger partial charge on any atom is 0.265 e. The number of nitrogens with one attached hydrogen (secondary N) is 1. The second kappa shape index (κ2) is 6.36. The van der Waals surface area contributed by atoms with Crippen LogP contribution < -0.4 is 15.8 Å². The number of carbonyl (C=O) groups excluding carboxylic acids is 1. The third-order valence-electron chi connectivity index (χ3n) is 2.55. The third kappa shape index (κ3) is 3.56. The molecular formula is C14H16N2O2S. The summed E-state index contributed by atoms with van der Waals surface area (Å²) in [4.78, 5) is 12.8. The van der Waals surface area contributed by atoms with Crippen LogP contribution in [0.2, 0.25) is 0 Å². The number of ether oxygens (including phenoxy) is 1. The number of nitrogens with two attached hydrogens (primary N) is 1. The van der Waals surface area contributed by atoms with Gasteiger partial charge in [-0.1, -0.05) is 6.07 Å². The number of aryl methyl sites for hydroxylation is 1. The molecule has 5 heteroatoms. The number of amides is 1. The molecule has 100 valence electrons. The normalized spacial score (nSPS) is 10.2. The Kier molecular flexibility index (Phi) is 4.54. The largest absolute Gasteiger partial charge is 0.492 e. The number of benzene rings is 1. The average Bonchev–Trinajstić information content (AvgIpc) is 2.83. The number of carbonyl (C=O) groups is 1. The van der Waals surface area contributed by atoms with Crippen molar-refractivity contribution >= 4 is 22.9 Å². The number of anilines is 1. The van der Waals surface area contributed by atoms with Gasteiger partial charge in [0.2, 0.25) is 0 Å². The third-order valence-corrected chi connectivity index (χ3v) is 3.56. The predicted octanol–water partition coefficient (Wildman–Crippen LogP) is 2.65. The topological polar surface area (TPSA) is 64.3 Å². The number of hydrogen-bond donors (Lipinski definition) is 2. The molecule has 0 saturated carbocycles. The van der Waals surface area contributed by atoms with Crippen molar-refractivity contribution in [1.82, 2.24) is 0 Å². The standard InChI is InChI=1S/C14H16N2O2S/c1-10-5-8-19-13(10)14(17)16-11-3-2-4-12(9-11)18-7-6-15/h2-5,8-9H,6-7,15H2,1H3,(H,16,17). The fraction of sp³-hybridized carbons (Fsp3) is 0.214. The lowest BCUT2D eigenvalue weighted by molar-refractivity contribution is 0.103. The molecular weight excluding hydrogens is 260 g/mol. The summed E-state index contributed by atoms with van der Waals surface area (Å²) in [6.45, 7) is 2.85. The summed E-state index contributed by atoms with van der Waals surface area (Å²) in [5, 5.41) is 4.77. The van der Waals surface area contributed by atoms with E-state index in [0.29, 0.717) is 24.6 Å². The first kappa shape index (κ1) is 13.6. The lowest BCUT2D eigenvalue weighted by atomic mass is 10.2. The lowest BCUT2D eigenvalue weighted by Gasteiger charge is -2.08. The Hall–Kier alpha value is -1.85. The van der Waals surface area contributed by atoms with Crippen LogP contribution in [0.4, 0.5) is 5.69 Å². The zero-order valence-corrected chi connectivity index (χ0v) is 11.5. The minimum Gasteiger partial charge on any atom is -0.492 e. The molecule has 19 heavy (non-hydrogen) atoms. The van der Waals surface area contributed by atoms with Gasteiger partial charge in [0, 0.05) is 18.3 Å². The molecule has 1 aromatic heterocycles. The van der Waals surface area contributed by atoms with Crippen molar-refractivity contribution in [2.75, 3.05) is 18.5 Å². The first-order valence-corrected chi connectivity index (χ1v) is 6.87. The van der Waals surface area contributed by atoms with Gasteiger partial charge in [-0.05, 0) is 36.1 Å². The molecule has 0 saturated heterocycles. The van der Waals surface area contributed by atoms with Crippen LogP contribution in [-0.2, 0) is 0 Å². The second-order valence-electron chi connectivity index (χ2n) is 4.05. The van der Waals surface area contributed by atoms with Crippen molar-refractivity contribution in [2.24, 2.45) is 5.73 Å². The van der Waals surface area contributed by atoms with Gasteiger partial charge in [0.15, 0.2) is 0 Å². The molecule has 1 heterocycles. The second-order valence-corrected chi connectivity index (χ2v) is 4.97. The zero-order valence-electron chi connectivity index (χ0n) is 10.7. The SMILES string of the molecule is Cc1ccsc1C(=O)Nc1cccc(OCCN)c1. The van der Waals surface area contributed by atoms with Gasteiger partial charge in [0.05, 0.1) is 4.88 Å². The Balaban J connectivity index is 2.07. The molecule has 3 N–H and O–H groups in total. The number of thiophene rings is 1. The molecule has 1 amide bonds. The molecule has 0 aliphatic rings. The van der Waals surface area contributed by atoms with Crippen molar-refractivity contribution in [2.45, 2.75) is 6.92 Å². The van der Waals surface area contributed by atoms with Crippen LogP contribution in [0.15, 0.2) is 35.7 Å². The van der Waals surface area contributed by atoms with E-state index in [1.165, 1.54) is 11.3 Å². The Morgan fingerprint density at radius 3 is 2.95 bits per heavy atom. The van der Waals surface area contributed by atoms with Crippen molar-refractivity contribution in [3.63, 3.8) is 0 Å². The maximum atomic E-state index is 12.1. The minimum atomic E-state index is -0.0940. The van der Waals surface area contributed by atoms with Gasteiger partial charge >= 0.3 is 0 Å². The van der Waals surface area contributed by atoms with Crippen LogP contribution in [0.25, 0.3) is 0 Å². The summed E-state index contributed by atoms with van der Waals surface area (Å²) < 4.78 is 5.42. The highest BCUT2D eigenvalue weighted by molar-refractivity contribution is 7.12. The van der Waals surface area contributed by atoms with E-state index in [4.69, 9.17) is 10.5 Å². The highest BCUT2D eigenvalue weighted by Crippen LogP contribution is 2.20. The van der Waals surface area contributed by atoms with E-state index >= 15 is 0 Å². The van der Waals surface area contributed by atoms with Crippen LogP contribution >= 0.6 is 11.3 Å². The van der Waals surface area contributed by atoms with E-state index in [-0.39, 0.29) is 5.91 Å². The van der Waals surface area contributed by atoms with E-state index in [2.05, 4.69) is 5.32 Å². The van der Waals surface area contributed by atoms with Gasteiger partial charge in [-0.3, -0.25) is 4.79 Å². The van der Waals surface area contributed by atoms with Gasteiger partial charge in [0.25, 0.3) is 5.91 Å². The molecule has 0 aliphatic heterocycles. The van der Waals surface area contributed by atoms with Crippen molar-refractivity contribution in [3.05, 3.63) is 46.2 Å². The van der Waals surface area contributed by atoms with Crippen molar-refractivity contribution < 1.29 is 9.53 Å². The van der Waals surface area contributed by atoms with Gasteiger partial charge in [0.1, 0.15) is 12.4 Å². The molecule has 0 fully saturated rings. The Bertz CT molecular complexity index is 566. The molecule has 0 radical (unpaired) electrons. The van der Waals surface area contributed by atoms with Crippen LogP contribution in [0.3, 0.4) is 0 Å². The summed E-state index contributed by atoms with van der Waals surface area (Å²) >= 11 is 1.44. The summed E-state index contributed by atoms with van der Waals surface area (Å²) in [6.07, 6.45) is 0. The summed E-state index contributed by atoms with van der Waals surface area (Å²) in [5.41, 5.74) is 7.08. The first-order chi connectivity index (χ1) is 9.20. The summed E-state index contributed by atoms with van der Waals surface area (Å²) in [6, 6.07) is 9.22. The highest BCUT2D eigenvalue weighted by Gasteiger charge is 2.10. The molecule has 0 unspecified atom stereocenters. The zero-order chi connectivity index (χ0) is 13.7. The van der Waals surface area contributed by atoms with Gasteiger partial charge in [-0.25, -0.2) is 0 Å².